The van der Waals surface area contributed by atoms with Crippen molar-refractivity contribution in [2.45, 2.75) is 18.2 Å². The Hall–Kier alpha value is -0.670. The third-order valence-electron chi connectivity index (χ3n) is 2.96. The van der Waals surface area contributed by atoms with Crippen LogP contribution in [0.5, 0.6) is 0 Å². The van der Waals surface area contributed by atoms with Crippen molar-refractivity contribution in [3.05, 3.63) is 69.4 Å². The van der Waals surface area contributed by atoms with Crippen molar-refractivity contribution in [2.75, 3.05) is 0 Å². The van der Waals surface area contributed by atoms with Crippen LogP contribution in [0.3, 0.4) is 0 Å². The first-order chi connectivity index (χ1) is 8.58. The standard InChI is InChI=1S/C15H13Br2F/c1-10-4-2-3-5-11(10)8-14(17)13-7-6-12(16)9-15(13)18/h2-7,9,14H,8H2,1H3. The van der Waals surface area contributed by atoms with Crippen molar-refractivity contribution in [1.82, 2.24) is 0 Å². The van der Waals surface area contributed by atoms with Gasteiger partial charge < -0.3 is 0 Å². The molecule has 94 valence electrons. The highest BCUT2D eigenvalue weighted by atomic mass is 79.9. The molecule has 0 fully saturated rings. The van der Waals surface area contributed by atoms with E-state index in [2.05, 4.69) is 50.9 Å². The summed E-state index contributed by atoms with van der Waals surface area (Å²) in [7, 11) is 0. The molecule has 0 nitrogen and oxygen atoms in total. The fraction of sp³-hybridized carbons (Fsp3) is 0.200. The van der Waals surface area contributed by atoms with Gasteiger partial charge >= 0.3 is 0 Å². The molecule has 2 rings (SSSR count). The third kappa shape index (κ3) is 3.21. The summed E-state index contributed by atoms with van der Waals surface area (Å²) >= 11 is 6.85. The Morgan fingerprint density at radius 2 is 1.89 bits per heavy atom. The van der Waals surface area contributed by atoms with Crippen LogP contribution in [0.4, 0.5) is 4.39 Å². The zero-order valence-electron chi connectivity index (χ0n) is 9.96. The second-order valence-electron chi connectivity index (χ2n) is 4.26. The SMILES string of the molecule is Cc1ccccc1CC(Br)c1ccc(Br)cc1F. The van der Waals surface area contributed by atoms with E-state index < -0.39 is 0 Å². The van der Waals surface area contributed by atoms with E-state index in [0.29, 0.717) is 5.56 Å². The Balaban J connectivity index is 2.22. The van der Waals surface area contributed by atoms with Gasteiger partial charge in [0.25, 0.3) is 0 Å². The molecule has 0 aliphatic heterocycles. The van der Waals surface area contributed by atoms with Gasteiger partial charge in [0.1, 0.15) is 5.82 Å². The second kappa shape index (κ2) is 5.98. The van der Waals surface area contributed by atoms with Gasteiger partial charge in [-0.3, -0.25) is 0 Å². The average molecular weight is 372 g/mol. The Bertz CT molecular complexity index is 552. The molecule has 0 heterocycles. The van der Waals surface area contributed by atoms with E-state index in [1.54, 1.807) is 0 Å². The lowest BCUT2D eigenvalue weighted by atomic mass is 10.0. The van der Waals surface area contributed by atoms with E-state index in [4.69, 9.17) is 0 Å². The van der Waals surface area contributed by atoms with Crippen LogP contribution in [0.1, 0.15) is 21.5 Å². The minimum Gasteiger partial charge on any atom is -0.207 e. The van der Waals surface area contributed by atoms with Crippen LogP contribution in [0.2, 0.25) is 0 Å². The fourth-order valence-electron chi connectivity index (χ4n) is 1.90. The van der Waals surface area contributed by atoms with Crippen LogP contribution in [0, 0.1) is 12.7 Å². The molecule has 0 amide bonds. The molecular weight excluding hydrogens is 359 g/mol. The number of hydrogen-bond donors (Lipinski definition) is 0. The maximum absolute atomic E-state index is 13.8. The molecule has 1 unspecified atom stereocenters. The molecule has 0 aliphatic carbocycles. The Labute approximate surface area is 123 Å². The lowest BCUT2D eigenvalue weighted by Crippen LogP contribution is -2.00. The van der Waals surface area contributed by atoms with Crippen LogP contribution >= 0.6 is 31.9 Å². The molecule has 0 spiro atoms. The molecule has 0 aliphatic rings. The van der Waals surface area contributed by atoms with E-state index in [1.807, 2.05) is 24.3 Å². The maximum atomic E-state index is 13.8. The number of rotatable bonds is 3. The monoisotopic (exact) mass is 370 g/mol. The first kappa shape index (κ1) is 13.8. The van der Waals surface area contributed by atoms with Gasteiger partial charge in [0.2, 0.25) is 0 Å². The molecule has 0 saturated carbocycles. The topological polar surface area (TPSA) is 0 Å². The summed E-state index contributed by atoms with van der Waals surface area (Å²) in [6, 6.07) is 13.4. The lowest BCUT2D eigenvalue weighted by Gasteiger charge is -2.13. The van der Waals surface area contributed by atoms with E-state index in [1.165, 1.54) is 17.2 Å². The van der Waals surface area contributed by atoms with E-state index in [9.17, 15) is 4.39 Å². The molecule has 0 saturated heterocycles. The van der Waals surface area contributed by atoms with Crippen molar-refractivity contribution < 1.29 is 4.39 Å². The minimum atomic E-state index is -0.181. The highest BCUT2D eigenvalue weighted by Crippen LogP contribution is 2.31. The van der Waals surface area contributed by atoms with Crippen LogP contribution in [-0.2, 0) is 6.42 Å². The molecule has 0 aromatic heterocycles. The Kier molecular flexibility index (Phi) is 4.57. The van der Waals surface area contributed by atoms with E-state index in [-0.39, 0.29) is 10.6 Å². The van der Waals surface area contributed by atoms with Crippen molar-refractivity contribution in [2.24, 2.45) is 0 Å². The van der Waals surface area contributed by atoms with E-state index >= 15 is 0 Å². The van der Waals surface area contributed by atoms with Crippen LogP contribution in [0.25, 0.3) is 0 Å². The van der Waals surface area contributed by atoms with E-state index in [0.717, 1.165) is 10.9 Å². The third-order valence-corrected chi connectivity index (χ3v) is 4.27. The van der Waals surface area contributed by atoms with Crippen LogP contribution in [-0.4, -0.2) is 0 Å². The van der Waals surface area contributed by atoms with Crippen LogP contribution < -0.4 is 0 Å². The molecule has 2 aromatic rings. The lowest BCUT2D eigenvalue weighted by molar-refractivity contribution is 0.607. The van der Waals surface area contributed by atoms with Gasteiger partial charge in [-0.05, 0) is 36.6 Å². The predicted molar refractivity (Wildman–Crippen MR) is 80.7 cm³/mol. The van der Waals surface area contributed by atoms with Crippen molar-refractivity contribution in [3.8, 4) is 0 Å². The number of benzene rings is 2. The zero-order chi connectivity index (χ0) is 13.1. The Morgan fingerprint density at radius 1 is 1.17 bits per heavy atom. The molecule has 0 radical (unpaired) electrons. The largest absolute Gasteiger partial charge is 0.207 e. The van der Waals surface area contributed by atoms with Gasteiger partial charge in [0, 0.05) is 14.9 Å². The zero-order valence-corrected chi connectivity index (χ0v) is 13.1. The normalized spacial score (nSPS) is 12.4. The first-order valence-corrected chi connectivity index (χ1v) is 7.42. The summed E-state index contributed by atoms with van der Waals surface area (Å²) in [5.74, 6) is -0.181. The number of alkyl halides is 1. The first-order valence-electron chi connectivity index (χ1n) is 5.71. The van der Waals surface area contributed by atoms with Crippen molar-refractivity contribution in [3.63, 3.8) is 0 Å². The number of hydrogen-bond acceptors (Lipinski definition) is 0. The molecule has 3 heteroatoms. The summed E-state index contributed by atoms with van der Waals surface area (Å²) in [5, 5.41) is 0. The summed E-state index contributed by atoms with van der Waals surface area (Å²) in [6.45, 7) is 2.08. The molecule has 18 heavy (non-hydrogen) atoms. The number of halogens is 3. The summed E-state index contributed by atoms with van der Waals surface area (Å²) in [4.78, 5) is -0.00769. The van der Waals surface area contributed by atoms with Gasteiger partial charge in [0.05, 0.1) is 0 Å². The molecule has 2 aromatic carbocycles. The predicted octanol–water partition coefficient (Wildman–Crippen LogP) is 5.58. The molecule has 0 N–H and O–H groups in total. The van der Waals surface area contributed by atoms with Gasteiger partial charge in [0.15, 0.2) is 0 Å². The quantitative estimate of drug-likeness (QED) is 0.618. The minimum absolute atomic E-state index is 0.00769. The van der Waals surface area contributed by atoms with Crippen molar-refractivity contribution >= 4 is 31.9 Å². The summed E-state index contributed by atoms with van der Waals surface area (Å²) < 4.78 is 14.6. The van der Waals surface area contributed by atoms with Crippen LogP contribution in [0.15, 0.2) is 46.9 Å². The molecular formula is C15H13Br2F. The summed E-state index contributed by atoms with van der Waals surface area (Å²) in [5.41, 5.74) is 3.17. The highest BCUT2D eigenvalue weighted by molar-refractivity contribution is 9.10. The Morgan fingerprint density at radius 3 is 2.56 bits per heavy atom. The average Bonchev–Trinajstić information content (AvgIpc) is 2.32. The second-order valence-corrected chi connectivity index (χ2v) is 6.28. The van der Waals surface area contributed by atoms with Gasteiger partial charge in [-0.2, -0.15) is 0 Å². The molecule has 1 atom stereocenters. The highest BCUT2D eigenvalue weighted by Gasteiger charge is 2.14. The van der Waals surface area contributed by atoms with Gasteiger partial charge in [-0.1, -0.05) is 62.2 Å². The fourth-order valence-corrected chi connectivity index (χ4v) is 2.95. The van der Waals surface area contributed by atoms with Crippen molar-refractivity contribution in [1.29, 1.82) is 0 Å². The smallest absolute Gasteiger partial charge is 0.128 e. The summed E-state index contributed by atoms with van der Waals surface area (Å²) in [6.07, 6.45) is 0.783. The molecule has 0 bridgehead atoms. The van der Waals surface area contributed by atoms with Gasteiger partial charge in [-0.25, -0.2) is 4.39 Å². The number of aryl methyl sites for hydroxylation is 1. The maximum Gasteiger partial charge on any atom is 0.128 e. The van der Waals surface area contributed by atoms with Gasteiger partial charge in [-0.15, -0.1) is 0 Å².